The van der Waals surface area contributed by atoms with Gasteiger partial charge in [-0.05, 0) is 30.7 Å². The standard InChI is InChI=1S/C20H22N4O3/c25-19(23-14-12-22(13-15-23)16-7-9-21-10-8-16)6-3-11-24-17-4-1-2-5-18(17)27-20(24)26/h1-2,4-5,7-10H,3,6,11-15H2. The van der Waals surface area contributed by atoms with Gasteiger partial charge in [0.05, 0.1) is 5.52 Å². The summed E-state index contributed by atoms with van der Waals surface area (Å²) in [5.74, 6) is -0.222. The maximum Gasteiger partial charge on any atom is 0.419 e. The van der Waals surface area contributed by atoms with E-state index in [1.54, 1.807) is 23.0 Å². The third kappa shape index (κ3) is 3.72. The lowest BCUT2D eigenvalue weighted by molar-refractivity contribution is -0.131. The summed E-state index contributed by atoms with van der Waals surface area (Å²) < 4.78 is 6.83. The quantitative estimate of drug-likeness (QED) is 0.692. The van der Waals surface area contributed by atoms with Crippen LogP contribution in [-0.4, -0.2) is 46.5 Å². The zero-order valence-electron chi connectivity index (χ0n) is 15.1. The van der Waals surface area contributed by atoms with E-state index < -0.39 is 0 Å². The predicted molar refractivity (Wildman–Crippen MR) is 103 cm³/mol. The van der Waals surface area contributed by atoms with Gasteiger partial charge >= 0.3 is 5.76 Å². The average Bonchev–Trinajstić information content (AvgIpc) is 3.04. The van der Waals surface area contributed by atoms with Gasteiger partial charge in [-0.2, -0.15) is 0 Å². The number of benzene rings is 1. The Kier molecular flexibility index (Phi) is 4.91. The highest BCUT2D eigenvalue weighted by molar-refractivity contribution is 5.76. The van der Waals surface area contributed by atoms with Crippen molar-refractivity contribution in [3.05, 3.63) is 59.3 Å². The van der Waals surface area contributed by atoms with Crippen LogP contribution < -0.4 is 10.7 Å². The van der Waals surface area contributed by atoms with Crippen LogP contribution in [0, 0.1) is 0 Å². The Morgan fingerprint density at radius 2 is 1.78 bits per heavy atom. The van der Waals surface area contributed by atoms with Gasteiger partial charge in [-0.1, -0.05) is 12.1 Å². The molecule has 1 amide bonds. The van der Waals surface area contributed by atoms with Gasteiger partial charge in [0.15, 0.2) is 5.58 Å². The van der Waals surface area contributed by atoms with Crippen LogP contribution in [0.3, 0.4) is 0 Å². The number of aromatic nitrogens is 2. The van der Waals surface area contributed by atoms with Gasteiger partial charge in [0.25, 0.3) is 0 Å². The van der Waals surface area contributed by atoms with Gasteiger partial charge in [-0.15, -0.1) is 0 Å². The molecule has 27 heavy (non-hydrogen) atoms. The van der Waals surface area contributed by atoms with Crippen molar-refractivity contribution in [3.8, 4) is 0 Å². The molecule has 0 bridgehead atoms. The van der Waals surface area contributed by atoms with Crippen molar-refractivity contribution in [2.24, 2.45) is 0 Å². The Morgan fingerprint density at radius 1 is 1.04 bits per heavy atom. The van der Waals surface area contributed by atoms with Crippen molar-refractivity contribution >= 4 is 22.7 Å². The summed E-state index contributed by atoms with van der Waals surface area (Å²) in [6.07, 6.45) is 4.62. The molecule has 3 heterocycles. The summed E-state index contributed by atoms with van der Waals surface area (Å²) in [6.45, 7) is 3.56. The first-order valence-corrected chi connectivity index (χ1v) is 9.23. The number of amides is 1. The molecule has 1 aliphatic rings. The number of rotatable bonds is 5. The summed E-state index contributed by atoms with van der Waals surface area (Å²) in [5, 5.41) is 0. The Labute approximate surface area is 156 Å². The number of hydrogen-bond donors (Lipinski definition) is 0. The van der Waals surface area contributed by atoms with Crippen LogP contribution in [0.15, 0.2) is 58.0 Å². The molecule has 3 aromatic rings. The third-order valence-electron chi connectivity index (χ3n) is 5.01. The molecule has 1 aromatic carbocycles. The number of hydrogen-bond acceptors (Lipinski definition) is 5. The second-order valence-corrected chi connectivity index (χ2v) is 6.66. The first-order chi connectivity index (χ1) is 13.2. The van der Waals surface area contributed by atoms with Gasteiger partial charge in [0.1, 0.15) is 0 Å². The summed E-state index contributed by atoms with van der Waals surface area (Å²) in [5.41, 5.74) is 2.50. The first-order valence-electron chi connectivity index (χ1n) is 9.23. The number of fused-ring (bicyclic) bond motifs is 1. The molecule has 140 valence electrons. The van der Waals surface area contributed by atoms with Crippen molar-refractivity contribution in [1.82, 2.24) is 14.5 Å². The van der Waals surface area contributed by atoms with E-state index in [-0.39, 0.29) is 11.7 Å². The second-order valence-electron chi connectivity index (χ2n) is 6.66. The third-order valence-corrected chi connectivity index (χ3v) is 5.01. The minimum atomic E-state index is -0.366. The van der Waals surface area contributed by atoms with Gasteiger partial charge in [0, 0.05) is 57.2 Å². The SMILES string of the molecule is O=C(CCCn1c(=O)oc2ccccc21)N1CCN(c2ccncc2)CC1. The van der Waals surface area contributed by atoms with Gasteiger partial charge in [0.2, 0.25) is 5.91 Å². The number of piperazine rings is 1. The molecule has 0 saturated carbocycles. The number of carbonyl (C=O) groups excluding carboxylic acids is 1. The predicted octanol–water partition coefficient (Wildman–Crippen LogP) is 2.12. The van der Waals surface area contributed by atoms with E-state index >= 15 is 0 Å². The molecule has 0 N–H and O–H groups in total. The maximum absolute atomic E-state index is 12.5. The number of nitrogens with zero attached hydrogens (tertiary/aromatic N) is 4. The lowest BCUT2D eigenvalue weighted by Gasteiger charge is -2.36. The van der Waals surface area contributed by atoms with Crippen molar-refractivity contribution in [1.29, 1.82) is 0 Å². The van der Waals surface area contributed by atoms with Crippen molar-refractivity contribution in [2.75, 3.05) is 31.1 Å². The van der Waals surface area contributed by atoms with E-state index in [4.69, 9.17) is 4.42 Å². The summed E-state index contributed by atoms with van der Waals surface area (Å²) in [7, 11) is 0. The van der Waals surface area contributed by atoms with Crippen LogP contribution in [0.1, 0.15) is 12.8 Å². The van der Waals surface area contributed by atoms with Crippen molar-refractivity contribution < 1.29 is 9.21 Å². The number of pyridine rings is 1. The normalized spacial score (nSPS) is 14.7. The molecule has 7 nitrogen and oxygen atoms in total. The lowest BCUT2D eigenvalue weighted by atomic mass is 10.2. The fraction of sp³-hybridized carbons (Fsp3) is 0.350. The number of aryl methyl sites for hydroxylation is 1. The Bertz CT molecular complexity index is 972. The van der Waals surface area contributed by atoms with E-state index in [1.807, 2.05) is 35.2 Å². The zero-order chi connectivity index (χ0) is 18.6. The minimum absolute atomic E-state index is 0.144. The fourth-order valence-corrected chi connectivity index (χ4v) is 3.54. The molecule has 1 fully saturated rings. The number of para-hydroxylation sites is 2. The highest BCUT2D eigenvalue weighted by Crippen LogP contribution is 2.16. The molecule has 0 radical (unpaired) electrons. The first kappa shape index (κ1) is 17.3. The highest BCUT2D eigenvalue weighted by atomic mass is 16.4. The Morgan fingerprint density at radius 3 is 2.56 bits per heavy atom. The Balaban J connectivity index is 1.29. The van der Waals surface area contributed by atoms with E-state index in [9.17, 15) is 9.59 Å². The van der Waals surface area contributed by atoms with Crippen molar-refractivity contribution in [3.63, 3.8) is 0 Å². The van der Waals surface area contributed by atoms with Crippen LogP contribution in [0.25, 0.3) is 11.1 Å². The molecule has 0 aliphatic carbocycles. The largest absolute Gasteiger partial charge is 0.419 e. The molecule has 2 aromatic heterocycles. The zero-order valence-corrected chi connectivity index (χ0v) is 15.1. The summed E-state index contributed by atoms with van der Waals surface area (Å²) in [4.78, 5) is 32.7. The van der Waals surface area contributed by atoms with Gasteiger partial charge in [-0.25, -0.2) is 4.79 Å². The van der Waals surface area contributed by atoms with Crippen LogP contribution in [0.2, 0.25) is 0 Å². The molecule has 1 aliphatic heterocycles. The number of oxazole rings is 1. The van der Waals surface area contributed by atoms with E-state index in [2.05, 4.69) is 9.88 Å². The van der Waals surface area contributed by atoms with Crippen LogP contribution in [0.5, 0.6) is 0 Å². The molecular weight excluding hydrogens is 344 g/mol. The van der Waals surface area contributed by atoms with Crippen LogP contribution in [0.4, 0.5) is 5.69 Å². The molecule has 0 spiro atoms. The summed E-state index contributed by atoms with van der Waals surface area (Å²) in [6, 6.07) is 11.3. The Hall–Kier alpha value is -3.09. The molecule has 1 saturated heterocycles. The monoisotopic (exact) mass is 366 g/mol. The smallest absolute Gasteiger partial charge is 0.408 e. The minimum Gasteiger partial charge on any atom is -0.408 e. The topological polar surface area (TPSA) is 71.6 Å². The molecule has 0 unspecified atom stereocenters. The number of anilines is 1. The summed E-state index contributed by atoms with van der Waals surface area (Å²) >= 11 is 0. The number of carbonyl (C=O) groups is 1. The lowest BCUT2D eigenvalue weighted by Crippen LogP contribution is -2.48. The van der Waals surface area contributed by atoms with E-state index in [1.165, 1.54) is 0 Å². The maximum atomic E-state index is 12.5. The fourth-order valence-electron chi connectivity index (χ4n) is 3.54. The molecule has 0 atom stereocenters. The van der Waals surface area contributed by atoms with E-state index in [0.29, 0.717) is 25.0 Å². The average molecular weight is 366 g/mol. The second kappa shape index (κ2) is 7.65. The van der Waals surface area contributed by atoms with Crippen molar-refractivity contribution in [2.45, 2.75) is 19.4 Å². The van der Waals surface area contributed by atoms with Gasteiger partial charge in [-0.3, -0.25) is 14.3 Å². The van der Waals surface area contributed by atoms with Gasteiger partial charge < -0.3 is 14.2 Å². The molecule has 4 rings (SSSR count). The highest BCUT2D eigenvalue weighted by Gasteiger charge is 2.21. The molecule has 7 heteroatoms. The van der Waals surface area contributed by atoms with Crippen LogP contribution >= 0.6 is 0 Å². The van der Waals surface area contributed by atoms with Crippen LogP contribution in [-0.2, 0) is 11.3 Å². The van der Waals surface area contributed by atoms with E-state index in [0.717, 1.165) is 37.4 Å². The molecular formula is C20H22N4O3.